The van der Waals surface area contributed by atoms with E-state index < -0.39 is 0 Å². The van der Waals surface area contributed by atoms with Gasteiger partial charge in [-0.3, -0.25) is 0 Å². The largest absolute Gasteiger partial charge is 0.399 e. The number of anilines is 2. The normalized spacial score (nSPS) is 15.2. The van der Waals surface area contributed by atoms with Gasteiger partial charge in [0.05, 0.1) is 11.3 Å². The van der Waals surface area contributed by atoms with E-state index in [9.17, 15) is 0 Å². The highest BCUT2D eigenvalue weighted by molar-refractivity contribution is 5.64. The fraction of sp³-hybridized carbons (Fsp3) is 0.462. The molecule has 1 aromatic carbocycles. The number of nitrogens with zero attached hydrogens (tertiary/aromatic N) is 2. The number of nitrogens with two attached hydrogens (primary N) is 1. The second-order valence-electron chi connectivity index (χ2n) is 4.57. The summed E-state index contributed by atoms with van der Waals surface area (Å²) in [5.41, 5.74) is 7.98. The molecular formula is C13H17N3. The summed E-state index contributed by atoms with van der Waals surface area (Å²) in [6.07, 6.45) is 3.99. The van der Waals surface area contributed by atoms with Crippen molar-refractivity contribution in [3.05, 3.63) is 23.8 Å². The van der Waals surface area contributed by atoms with Gasteiger partial charge in [0.25, 0.3) is 0 Å². The minimum Gasteiger partial charge on any atom is -0.399 e. The lowest BCUT2D eigenvalue weighted by Crippen LogP contribution is -2.29. The van der Waals surface area contributed by atoms with Crippen LogP contribution in [0.4, 0.5) is 11.4 Å². The van der Waals surface area contributed by atoms with E-state index in [1.807, 2.05) is 19.2 Å². The zero-order valence-corrected chi connectivity index (χ0v) is 9.61. The summed E-state index contributed by atoms with van der Waals surface area (Å²) < 4.78 is 0. The summed E-state index contributed by atoms with van der Waals surface area (Å²) in [5.74, 6) is 0.800. The highest BCUT2D eigenvalue weighted by atomic mass is 15.1. The Morgan fingerprint density at radius 3 is 2.81 bits per heavy atom. The lowest BCUT2D eigenvalue weighted by Gasteiger charge is -2.31. The van der Waals surface area contributed by atoms with Gasteiger partial charge in [-0.2, -0.15) is 5.26 Å². The van der Waals surface area contributed by atoms with E-state index >= 15 is 0 Å². The fourth-order valence-electron chi connectivity index (χ4n) is 2.14. The molecule has 3 heteroatoms. The lowest BCUT2D eigenvalue weighted by molar-refractivity contribution is 0.321. The Morgan fingerprint density at radius 2 is 2.25 bits per heavy atom. The third-order valence-electron chi connectivity index (χ3n) is 3.31. The molecule has 1 aliphatic rings. The van der Waals surface area contributed by atoms with Crippen molar-refractivity contribution in [2.75, 3.05) is 24.2 Å². The van der Waals surface area contributed by atoms with E-state index in [4.69, 9.17) is 11.0 Å². The standard InChI is InChI=1S/C13H17N3/c1-16(9-10-3-2-4-10)13-6-5-12(15)7-11(13)8-14/h5-7,10H,2-4,9,15H2,1H3. The van der Waals surface area contributed by atoms with Gasteiger partial charge in [0, 0.05) is 19.3 Å². The summed E-state index contributed by atoms with van der Waals surface area (Å²) >= 11 is 0. The van der Waals surface area contributed by atoms with Crippen molar-refractivity contribution < 1.29 is 0 Å². The highest BCUT2D eigenvalue weighted by Gasteiger charge is 2.20. The minimum absolute atomic E-state index is 0.650. The van der Waals surface area contributed by atoms with Gasteiger partial charge in [0.1, 0.15) is 6.07 Å². The van der Waals surface area contributed by atoms with Crippen molar-refractivity contribution in [2.24, 2.45) is 5.92 Å². The second kappa shape index (κ2) is 4.44. The van der Waals surface area contributed by atoms with Gasteiger partial charge in [0.2, 0.25) is 0 Å². The van der Waals surface area contributed by atoms with Crippen molar-refractivity contribution >= 4 is 11.4 Å². The summed E-state index contributed by atoms with van der Waals surface area (Å²) in [6, 6.07) is 7.74. The molecule has 3 nitrogen and oxygen atoms in total. The Bertz CT molecular complexity index is 416. The molecule has 1 aromatic rings. The molecule has 0 amide bonds. The Kier molecular flexibility index (Phi) is 3.00. The molecule has 0 bridgehead atoms. The van der Waals surface area contributed by atoms with E-state index in [1.54, 1.807) is 6.07 Å². The van der Waals surface area contributed by atoms with Crippen LogP contribution in [-0.2, 0) is 0 Å². The van der Waals surface area contributed by atoms with Crippen LogP contribution in [-0.4, -0.2) is 13.6 Å². The zero-order chi connectivity index (χ0) is 11.5. The zero-order valence-electron chi connectivity index (χ0n) is 9.61. The summed E-state index contributed by atoms with van der Waals surface area (Å²) in [5, 5.41) is 9.06. The predicted octanol–water partition coefficient (Wildman–Crippen LogP) is 2.38. The van der Waals surface area contributed by atoms with Crippen molar-refractivity contribution in [1.29, 1.82) is 5.26 Å². The first kappa shape index (κ1) is 10.8. The molecule has 1 saturated carbocycles. The van der Waals surface area contributed by atoms with Gasteiger partial charge >= 0.3 is 0 Å². The van der Waals surface area contributed by atoms with Crippen LogP contribution in [0, 0.1) is 17.2 Å². The smallest absolute Gasteiger partial charge is 0.101 e. The molecule has 0 radical (unpaired) electrons. The summed E-state index contributed by atoms with van der Waals surface area (Å²) in [6.45, 7) is 1.04. The first-order valence-electron chi connectivity index (χ1n) is 5.71. The van der Waals surface area contributed by atoms with Crippen LogP contribution in [0.3, 0.4) is 0 Å². The number of benzene rings is 1. The van der Waals surface area contributed by atoms with Crippen molar-refractivity contribution in [1.82, 2.24) is 0 Å². The summed E-state index contributed by atoms with van der Waals surface area (Å²) in [7, 11) is 2.05. The average Bonchev–Trinajstić information content (AvgIpc) is 2.23. The van der Waals surface area contributed by atoms with Gasteiger partial charge in [-0.1, -0.05) is 6.42 Å². The summed E-state index contributed by atoms with van der Waals surface area (Å²) in [4.78, 5) is 2.17. The molecule has 0 aliphatic heterocycles. The molecule has 84 valence electrons. The molecule has 2 N–H and O–H groups in total. The molecule has 0 atom stereocenters. The number of rotatable bonds is 3. The van der Waals surface area contributed by atoms with Crippen LogP contribution in [0.1, 0.15) is 24.8 Å². The molecule has 0 unspecified atom stereocenters. The maximum Gasteiger partial charge on any atom is 0.101 e. The Balaban J connectivity index is 2.15. The molecule has 0 spiro atoms. The topological polar surface area (TPSA) is 53.0 Å². The second-order valence-corrected chi connectivity index (χ2v) is 4.57. The number of nitriles is 1. The van der Waals surface area contributed by atoms with Crippen LogP contribution in [0.5, 0.6) is 0 Å². The Hall–Kier alpha value is -1.69. The van der Waals surface area contributed by atoms with E-state index in [0.29, 0.717) is 11.3 Å². The maximum atomic E-state index is 9.06. The van der Waals surface area contributed by atoms with Gasteiger partial charge in [0.15, 0.2) is 0 Å². The van der Waals surface area contributed by atoms with Crippen LogP contribution in [0.25, 0.3) is 0 Å². The Labute approximate surface area is 96.5 Å². The van der Waals surface area contributed by atoms with E-state index in [2.05, 4.69) is 11.0 Å². The predicted molar refractivity (Wildman–Crippen MR) is 66.2 cm³/mol. The number of hydrogen-bond acceptors (Lipinski definition) is 3. The lowest BCUT2D eigenvalue weighted by atomic mass is 9.85. The molecular weight excluding hydrogens is 198 g/mol. The molecule has 16 heavy (non-hydrogen) atoms. The highest BCUT2D eigenvalue weighted by Crippen LogP contribution is 2.29. The first-order chi connectivity index (χ1) is 7.70. The first-order valence-corrected chi connectivity index (χ1v) is 5.71. The fourth-order valence-corrected chi connectivity index (χ4v) is 2.14. The maximum absolute atomic E-state index is 9.06. The van der Waals surface area contributed by atoms with Crippen LogP contribution < -0.4 is 10.6 Å². The monoisotopic (exact) mass is 215 g/mol. The van der Waals surface area contributed by atoms with Crippen LogP contribution in [0.2, 0.25) is 0 Å². The van der Waals surface area contributed by atoms with Crippen molar-refractivity contribution in [2.45, 2.75) is 19.3 Å². The van der Waals surface area contributed by atoms with E-state index in [-0.39, 0.29) is 0 Å². The number of nitrogen functional groups attached to an aromatic ring is 1. The third kappa shape index (κ3) is 2.11. The molecule has 0 aromatic heterocycles. The van der Waals surface area contributed by atoms with E-state index in [0.717, 1.165) is 18.2 Å². The number of hydrogen-bond donors (Lipinski definition) is 1. The average molecular weight is 215 g/mol. The van der Waals surface area contributed by atoms with Crippen molar-refractivity contribution in [3.8, 4) is 6.07 Å². The SMILES string of the molecule is CN(CC1CCC1)c1ccc(N)cc1C#N. The van der Waals surface area contributed by atoms with E-state index in [1.165, 1.54) is 19.3 Å². The quantitative estimate of drug-likeness (QED) is 0.787. The van der Waals surface area contributed by atoms with Crippen LogP contribution in [0.15, 0.2) is 18.2 Å². The molecule has 1 fully saturated rings. The third-order valence-corrected chi connectivity index (χ3v) is 3.31. The van der Waals surface area contributed by atoms with Gasteiger partial charge < -0.3 is 10.6 Å². The van der Waals surface area contributed by atoms with Gasteiger partial charge in [-0.05, 0) is 37.0 Å². The molecule has 1 aliphatic carbocycles. The molecule has 0 saturated heterocycles. The Morgan fingerprint density at radius 1 is 1.50 bits per heavy atom. The van der Waals surface area contributed by atoms with Gasteiger partial charge in [-0.15, -0.1) is 0 Å². The molecule has 2 rings (SSSR count). The molecule has 0 heterocycles. The van der Waals surface area contributed by atoms with Crippen LogP contribution >= 0.6 is 0 Å². The van der Waals surface area contributed by atoms with Gasteiger partial charge in [-0.25, -0.2) is 0 Å². The minimum atomic E-state index is 0.650. The van der Waals surface area contributed by atoms with Crippen molar-refractivity contribution in [3.63, 3.8) is 0 Å².